The summed E-state index contributed by atoms with van der Waals surface area (Å²) in [7, 11) is 0. The third kappa shape index (κ3) is 4.73. The molecule has 0 atom stereocenters. The molecule has 0 aromatic carbocycles. The third-order valence-electron chi connectivity index (χ3n) is 2.27. The number of carboxylic acid groups (broad SMARTS) is 1. The second-order valence-corrected chi connectivity index (χ2v) is 4.17. The van der Waals surface area contributed by atoms with Gasteiger partial charge in [-0.05, 0) is 19.9 Å². The van der Waals surface area contributed by atoms with Gasteiger partial charge in [0.2, 0.25) is 0 Å². The number of nitrogens with one attached hydrogen (secondary N) is 1. The summed E-state index contributed by atoms with van der Waals surface area (Å²) in [6.45, 7) is 9.59. The fourth-order valence-corrected chi connectivity index (χ4v) is 1.45. The van der Waals surface area contributed by atoms with E-state index in [0.717, 1.165) is 5.57 Å². The lowest BCUT2D eigenvalue weighted by Gasteiger charge is -2.04. The zero-order chi connectivity index (χ0) is 13.5. The highest BCUT2D eigenvalue weighted by Gasteiger charge is 2.12. The fourth-order valence-electron chi connectivity index (χ4n) is 1.45. The van der Waals surface area contributed by atoms with E-state index in [9.17, 15) is 4.79 Å². The van der Waals surface area contributed by atoms with Gasteiger partial charge in [-0.3, -0.25) is 0 Å². The van der Waals surface area contributed by atoms with Crippen molar-refractivity contribution in [2.75, 3.05) is 19.8 Å². The molecule has 1 aromatic heterocycles. The highest BCUT2D eigenvalue weighted by Crippen LogP contribution is 2.14. The Labute approximate surface area is 106 Å². The number of hydrogen-bond acceptors (Lipinski definition) is 4. The van der Waals surface area contributed by atoms with Crippen molar-refractivity contribution in [3.63, 3.8) is 0 Å². The Kier molecular flexibility index (Phi) is 5.61. The summed E-state index contributed by atoms with van der Waals surface area (Å²) in [6.07, 6.45) is 0. The normalized spacial score (nSPS) is 10.6. The van der Waals surface area contributed by atoms with Crippen LogP contribution in [-0.2, 0) is 11.3 Å². The molecule has 0 aliphatic rings. The van der Waals surface area contributed by atoms with Crippen LogP contribution in [0.5, 0.6) is 0 Å². The molecule has 0 spiro atoms. The zero-order valence-corrected chi connectivity index (χ0v) is 10.8. The lowest BCUT2D eigenvalue weighted by Crippen LogP contribution is -2.19. The van der Waals surface area contributed by atoms with Gasteiger partial charge in [0, 0.05) is 6.54 Å². The van der Waals surface area contributed by atoms with Crippen LogP contribution in [-0.4, -0.2) is 30.8 Å². The summed E-state index contributed by atoms with van der Waals surface area (Å²) in [6, 6.07) is 1.54. The van der Waals surface area contributed by atoms with Crippen LogP contribution >= 0.6 is 0 Å². The topological polar surface area (TPSA) is 71.7 Å². The van der Waals surface area contributed by atoms with Crippen LogP contribution in [0.2, 0.25) is 0 Å². The average molecular weight is 253 g/mol. The van der Waals surface area contributed by atoms with Crippen LogP contribution in [0, 0.1) is 6.92 Å². The maximum absolute atomic E-state index is 10.8. The van der Waals surface area contributed by atoms with Crippen LogP contribution in [0.3, 0.4) is 0 Å². The highest BCUT2D eigenvalue weighted by atomic mass is 16.5. The quantitative estimate of drug-likeness (QED) is 0.547. The second kappa shape index (κ2) is 6.98. The Balaban J connectivity index is 2.25. The van der Waals surface area contributed by atoms with Crippen LogP contribution in [0.25, 0.3) is 0 Å². The van der Waals surface area contributed by atoms with Gasteiger partial charge in [0.05, 0.1) is 19.8 Å². The minimum atomic E-state index is -0.965. The Bertz CT molecular complexity index is 423. The lowest BCUT2D eigenvalue weighted by atomic mass is 10.2. The summed E-state index contributed by atoms with van der Waals surface area (Å²) in [5.74, 6) is 0.0786. The first-order valence-corrected chi connectivity index (χ1v) is 5.76. The van der Waals surface area contributed by atoms with E-state index in [1.54, 1.807) is 13.0 Å². The molecule has 1 heterocycles. The molecule has 5 nitrogen and oxygen atoms in total. The number of aryl methyl sites for hydroxylation is 1. The van der Waals surface area contributed by atoms with Crippen molar-refractivity contribution in [2.45, 2.75) is 20.4 Å². The number of ether oxygens (including phenoxy) is 1. The number of hydrogen-bond donors (Lipinski definition) is 2. The van der Waals surface area contributed by atoms with Gasteiger partial charge >= 0.3 is 5.97 Å². The number of carboxylic acids is 1. The van der Waals surface area contributed by atoms with Crippen molar-refractivity contribution in [1.29, 1.82) is 0 Å². The van der Waals surface area contributed by atoms with Gasteiger partial charge in [-0.1, -0.05) is 12.2 Å². The van der Waals surface area contributed by atoms with Gasteiger partial charge in [-0.2, -0.15) is 0 Å². The van der Waals surface area contributed by atoms with Gasteiger partial charge < -0.3 is 19.6 Å². The molecule has 0 aliphatic heterocycles. The minimum absolute atomic E-state index is 0.213. The molecule has 5 heteroatoms. The van der Waals surface area contributed by atoms with E-state index < -0.39 is 5.97 Å². The van der Waals surface area contributed by atoms with Crippen molar-refractivity contribution in [2.24, 2.45) is 0 Å². The molecular weight excluding hydrogens is 234 g/mol. The van der Waals surface area contributed by atoms with E-state index in [-0.39, 0.29) is 5.56 Å². The smallest absolute Gasteiger partial charge is 0.339 e. The predicted octanol–water partition coefficient (Wildman–Crippen LogP) is 1.97. The third-order valence-corrected chi connectivity index (χ3v) is 2.27. The molecule has 0 fully saturated rings. The van der Waals surface area contributed by atoms with Crippen molar-refractivity contribution in [3.8, 4) is 0 Å². The molecule has 1 rings (SSSR count). The summed E-state index contributed by atoms with van der Waals surface area (Å²) in [5, 5.41) is 12.0. The maximum Gasteiger partial charge on any atom is 0.339 e. The standard InChI is InChI=1S/C13H19NO4/c1-9(2)8-17-5-4-14-7-11-6-12(13(15)16)10(3)18-11/h6,14H,1,4-5,7-8H2,2-3H3,(H,15,16). The fraction of sp³-hybridized carbons (Fsp3) is 0.462. The van der Waals surface area contributed by atoms with Crippen molar-refractivity contribution in [3.05, 3.63) is 35.3 Å². The van der Waals surface area contributed by atoms with E-state index in [4.69, 9.17) is 14.3 Å². The average Bonchev–Trinajstić information content (AvgIpc) is 2.64. The Hall–Kier alpha value is -1.59. The van der Waals surface area contributed by atoms with Gasteiger partial charge in [0.25, 0.3) is 0 Å². The first-order chi connectivity index (χ1) is 8.50. The summed E-state index contributed by atoms with van der Waals surface area (Å²) in [4.78, 5) is 10.8. The first kappa shape index (κ1) is 14.5. The van der Waals surface area contributed by atoms with E-state index in [1.165, 1.54) is 0 Å². The van der Waals surface area contributed by atoms with Gasteiger partial charge in [0.1, 0.15) is 17.1 Å². The van der Waals surface area contributed by atoms with Crippen molar-refractivity contribution >= 4 is 5.97 Å². The minimum Gasteiger partial charge on any atom is -0.478 e. The highest BCUT2D eigenvalue weighted by molar-refractivity contribution is 5.88. The number of carbonyl (C=O) groups is 1. The Morgan fingerprint density at radius 1 is 1.61 bits per heavy atom. The number of furan rings is 1. The molecule has 100 valence electrons. The molecule has 0 unspecified atom stereocenters. The first-order valence-electron chi connectivity index (χ1n) is 5.76. The largest absolute Gasteiger partial charge is 0.478 e. The molecule has 0 radical (unpaired) electrons. The molecule has 0 saturated carbocycles. The van der Waals surface area contributed by atoms with E-state index in [0.29, 0.717) is 37.8 Å². The number of aromatic carboxylic acids is 1. The monoisotopic (exact) mass is 253 g/mol. The molecule has 0 saturated heterocycles. The molecular formula is C13H19NO4. The second-order valence-electron chi connectivity index (χ2n) is 4.17. The van der Waals surface area contributed by atoms with Gasteiger partial charge in [0.15, 0.2) is 0 Å². The van der Waals surface area contributed by atoms with Gasteiger partial charge in [-0.25, -0.2) is 4.79 Å². The van der Waals surface area contributed by atoms with E-state index >= 15 is 0 Å². The molecule has 18 heavy (non-hydrogen) atoms. The molecule has 2 N–H and O–H groups in total. The molecule has 1 aromatic rings. The summed E-state index contributed by atoms with van der Waals surface area (Å²) >= 11 is 0. The Morgan fingerprint density at radius 3 is 2.89 bits per heavy atom. The van der Waals surface area contributed by atoms with E-state index in [2.05, 4.69) is 11.9 Å². The maximum atomic E-state index is 10.8. The van der Waals surface area contributed by atoms with Crippen molar-refractivity contribution < 1.29 is 19.1 Å². The molecule has 0 bridgehead atoms. The van der Waals surface area contributed by atoms with Crippen molar-refractivity contribution in [1.82, 2.24) is 5.32 Å². The Morgan fingerprint density at radius 2 is 2.33 bits per heavy atom. The molecule has 0 amide bonds. The van der Waals surface area contributed by atoms with Crippen LogP contribution < -0.4 is 5.32 Å². The molecule has 0 aliphatic carbocycles. The summed E-state index contributed by atoms with van der Waals surface area (Å²) in [5.41, 5.74) is 1.20. The summed E-state index contributed by atoms with van der Waals surface area (Å²) < 4.78 is 10.6. The van der Waals surface area contributed by atoms with Crippen LogP contribution in [0.15, 0.2) is 22.6 Å². The predicted molar refractivity (Wildman–Crippen MR) is 67.7 cm³/mol. The lowest BCUT2D eigenvalue weighted by molar-refractivity contribution is 0.0695. The zero-order valence-electron chi connectivity index (χ0n) is 10.8. The van der Waals surface area contributed by atoms with Crippen LogP contribution in [0.4, 0.5) is 0 Å². The number of rotatable bonds is 8. The van der Waals surface area contributed by atoms with Gasteiger partial charge in [-0.15, -0.1) is 0 Å². The SMILES string of the molecule is C=C(C)COCCNCc1cc(C(=O)O)c(C)o1. The van der Waals surface area contributed by atoms with Crippen LogP contribution in [0.1, 0.15) is 28.8 Å². The van der Waals surface area contributed by atoms with E-state index in [1.807, 2.05) is 6.92 Å².